The number of amides is 1. The molecule has 0 bridgehead atoms. The number of anilines is 1. The van der Waals surface area contributed by atoms with Gasteiger partial charge in [-0.15, -0.1) is 11.3 Å². The first kappa shape index (κ1) is 21.2. The van der Waals surface area contributed by atoms with Gasteiger partial charge in [-0.3, -0.25) is 14.5 Å². The summed E-state index contributed by atoms with van der Waals surface area (Å²) in [6.07, 6.45) is 4.86. The molecule has 11 heteroatoms. The van der Waals surface area contributed by atoms with Crippen molar-refractivity contribution in [1.82, 2.24) is 15.0 Å². The van der Waals surface area contributed by atoms with Crippen LogP contribution in [0.1, 0.15) is 41.4 Å². The number of ether oxygens (including phenoxy) is 1. The van der Waals surface area contributed by atoms with Crippen LogP contribution >= 0.6 is 11.3 Å². The Kier molecular flexibility index (Phi) is 5.88. The van der Waals surface area contributed by atoms with E-state index >= 15 is 0 Å². The maximum Gasteiger partial charge on any atom is 0.248 e. The number of hydrogen-bond donors (Lipinski definition) is 2. The summed E-state index contributed by atoms with van der Waals surface area (Å²) in [4.78, 5) is 24.8. The fraction of sp³-hybridized carbons (Fsp3) is 0.300. The lowest BCUT2D eigenvalue weighted by Crippen LogP contribution is -2.17. The number of hydrogen-bond acceptors (Lipinski definition) is 8. The Balaban J connectivity index is 1.64. The first-order chi connectivity index (χ1) is 14.9. The summed E-state index contributed by atoms with van der Waals surface area (Å²) in [5, 5.41) is 1.79. The number of aromatic nitrogens is 3. The van der Waals surface area contributed by atoms with Crippen LogP contribution in [0.2, 0.25) is 0 Å². The highest BCUT2D eigenvalue weighted by atomic mass is 32.2. The molecule has 1 aliphatic rings. The minimum atomic E-state index is -3.37. The molecule has 0 aliphatic heterocycles. The molecule has 3 N–H and O–H groups in total. The largest absolute Gasteiger partial charge is 0.477 e. The van der Waals surface area contributed by atoms with Crippen LogP contribution in [0, 0.1) is 0 Å². The number of primary amides is 1. The van der Waals surface area contributed by atoms with Crippen molar-refractivity contribution in [2.75, 3.05) is 11.3 Å². The summed E-state index contributed by atoms with van der Waals surface area (Å²) in [5.41, 5.74) is 8.59. The Morgan fingerprint density at radius 2 is 2.10 bits per heavy atom. The molecule has 1 aromatic carbocycles. The Hall–Kier alpha value is -3.05. The monoisotopic (exact) mass is 459 g/mol. The van der Waals surface area contributed by atoms with Gasteiger partial charge >= 0.3 is 0 Å². The molecule has 9 nitrogen and oxygen atoms in total. The highest BCUT2D eigenvalue weighted by molar-refractivity contribution is 7.93. The molecule has 2 aromatic heterocycles. The zero-order valence-corrected chi connectivity index (χ0v) is 18.4. The maximum absolute atomic E-state index is 12.2. The van der Waals surface area contributed by atoms with Crippen LogP contribution in [0.3, 0.4) is 0 Å². The van der Waals surface area contributed by atoms with Crippen molar-refractivity contribution < 1.29 is 17.9 Å². The van der Waals surface area contributed by atoms with Crippen molar-refractivity contribution in [3.63, 3.8) is 0 Å². The molecule has 1 fully saturated rings. The molecule has 0 unspecified atom stereocenters. The van der Waals surface area contributed by atoms with E-state index < -0.39 is 15.9 Å². The van der Waals surface area contributed by atoms with Gasteiger partial charge in [0.05, 0.1) is 35.6 Å². The van der Waals surface area contributed by atoms with Crippen LogP contribution in [0.5, 0.6) is 5.88 Å². The molecule has 31 heavy (non-hydrogen) atoms. The zero-order chi connectivity index (χ0) is 22.0. The molecule has 0 saturated heterocycles. The molecular formula is C20H21N5O4S2. The van der Waals surface area contributed by atoms with Gasteiger partial charge in [0.2, 0.25) is 21.8 Å². The fourth-order valence-electron chi connectivity index (χ4n) is 3.05. The minimum absolute atomic E-state index is 0.324. The summed E-state index contributed by atoms with van der Waals surface area (Å²) < 4.78 is 32.3. The Morgan fingerprint density at radius 3 is 2.81 bits per heavy atom. The number of rotatable bonds is 9. The van der Waals surface area contributed by atoms with Gasteiger partial charge in [-0.2, -0.15) is 0 Å². The van der Waals surface area contributed by atoms with Crippen molar-refractivity contribution in [1.29, 1.82) is 0 Å². The molecule has 4 rings (SSSR count). The van der Waals surface area contributed by atoms with Crippen LogP contribution in [0.15, 0.2) is 36.0 Å². The average molecular weight is 460 g/mol. The van der Waals surface area contributed by atoms with Crippen LogP contribution in [0.25, 0.3) is 11.3 Å². The Labute approximate surface area is 183 Å². The van der Waals surface area contributed by atoms with Gasteiger partial charge in [0.25, 0.3) is 0 Å². The SMILES string of the molecule is CCOc1cncc(-c2ccc(C(N)=O)cc2Cc2csc(NS(=O)(=O)C3CC3)n2)n1. The molecule has 0 radical (unpaired) electrons. The van der Waals surface area contributed by atoms with Crippen molar-refractivity contribution in [3.05, 3.63) is 52.8 Å². The van der Waals surface area contributed by atoms with Gasteiger partial charge in [0.1, 0.15) is 0 Å². The first-order valence-corrected chi connectivity index (χ1v) is 12.1. The molecule has 0 atom stereocenters. The summed E-state index contributed by atoms with van der Waals surface area (Å²) >= 11 is 1.22. The normalized spacial score (nSPS) is 13.7. The number of nitrogens with two attached hydrogens (primary N) is 1. The van der Waals surface area contributed by atoms with Gasteiger partial charge in [-0.1, -0.05) is 6.07 Å². The van der Waals surface area contributed by atoms with Crippen molar-refractivity contribution in [3.8, 4) is 17.1 Å². The summed E-state index contributed by atoms with van der Waals surface area (Å²) in [6, 6.07) is 5.09. The average Bonchev–Trinajstić information content (AvgIpc) is 3.51. The van der Waals surface area contributed by atoms with E-state index in [1.165, 1.54) is 17.5 Å². The predicted molar refractivity (Wildman–Crippen MR) is 118 cm³/mol. The van der Waals surface area contributed by atoms with E-state index in [0.29, 0.717) is 53.8 Å². The van der Waals surface area contributed by atoms with Crippen molar-refractivity contribution in [2.24, 2.45) is 5.73 Å². The lowest BCUT2D eigenvalue weighted by molar-refractivity contribution is 0.1000. The van der Waals surface area contributed by atoms with Crippen LogP contribution in [-0.2, 0) is 16.4 Å². The second-order valence-corrected chi connectivity index (χ2v) is 9.90. The molecule has 3 aromatic rings. The highest BCUT2D eigenvalue weighted by Gasteiger charge is 2.36. The second kappa shape index (κ2) is 8.60. The van der Waals surface area contributed by atoms with Crippen molar-refractivity contribution >= 4 is 32.4 Å². The van der Waals surface area contributed by atoms with Gasteiger partial charge in [-0.25, -0.2) is 18.4 Å². The van der Waals surface area contributed by atoms with Crippen LogP contribution < -0.4 is 15.2 Å². The van der Waals surface area contributed by atoms with Gasteiger partial charge in [-0.05, 0) is 37.5 Å². The molecule has 2 heterocycles. The predicted octanol–water partition coefficient (Wildman–Crippen LogP) is 2.59. The molecule has 1 aliphatic carbocycles. The van der Waals surface area contributed by atoms with Crippen molar-refractivity contribution in [2.45, 2.75) is 31.4 Å². The van der Waals surface area contributed by atoms with Crippen LogP contribution in [-0.4, -0.2) is 41.1 Å². The number of nitrogens with zero attached hydrogens (tertiary/aromatic N) is 3. The molecular weight excluding hydrogens is 438 g/mol. The quantitative estimate of drug-likeness (QED) is 0.502. The molecule has 1 saturated carbocycles. The zero-order valence-electron chi connectivity index (χ0n) is 16.7. The number of nitrogens with one attached hydrogen (secondary N) is 1. The first-order valence-electron chi connectivity index (χ1n) is 9.69. The minimum Gasteiger partial charge on any atom is -0.477 e. The lowest BCUT2D eigenvalue weighted by atomic mass is 9.98. The number of thiazole rings is 1. The van der Waals surface area contributed by atoms with E-state index in [-0.39, 0.29) is 5.25 Å². The van der Waals surface area contributed by atoms with E-state index in [2.05, 4.69) is 19.7 Å². The number of carbonyl (C=O) groups is 1. The van der Waals surface area contributed by atoms with E-state index in [9.17, 15) is 13.2 Å². The third kappa shape index (κ3) is 5.00. The van der Waals surface area contributed by atoms with Crippen LogP contribution in [0.4, 0.5) is 5.13 Å². The third-order valence-electron chi connectivity index (χ3n) is 4.69. The van der Waals surface area contributed by atoms with E-state index in [1.54, 1.807) is 29.8 Å². The maximum atomic E-state index is 12.2. The Bertz CT molecular complexity index is 1220. The summed E-state index contributed by atoms with van der Waals surface area (Å²) in [6.45, 7) is 2.32. The summed E-state index contributed by atoms with van der Waals surface area (Å²) in [7, 11) is -3.37. The summed E-state index contributed by atoms with van der Waals surface area (Å²) in [5.74, 6) is -0.145. The number of carbonyl (C=O) groups excluding carboxylic acids is 1. The molecule has 162 valence electrons. The topological polar surface area (TPSA) is 137 Å². The third-order valence-corrected chi connectivity index (χ3v) is 7.45. The van der Waals surface area contributed by atoms with Gasteiger partial charge in [0.15, 0.2) is 5.13 Å². The number of benzene rings is 1. The van der Waals surface area contributed by atoms with E-state index in [1.807, 2.05) is 6.92 Å². The second-order valence-electron chi connectivity index (χ2n) is 7.08. The van der Waals surface area contributed by atoms with E-state index in [0.717, 1.165) is 11.1 Å². The number of sulfonamides is 1. The lowest BCUT2D eigenvalue weighted by Gasteiger charge is -2.11. The smallest absolute Gasteiger partial charge is 0.248 e. The molecule has 1 amide bonds. The fourth-order valence-corrected chi connectivity index (χ4v) is 5.36. The van der Waals surface area contributed by atoms with Gasteiger partial charge in [0, 0.05) is 22.9 Å². The van der Waals surface area contributed by atoms with E-state index in [4.69, 9.17) is 10.5 Å². The highest BCUT2D eigenvalue weighted by Crippen LogP contribution is 2.31. The Morgan fingerprint density at radius 1 is 1.29 bits per heavy atom. The molecule has 0 spiro atoms. The van der Waals surface area contributed by atoms with Gasteiger partial charge < -0.3 is 10.5 Å². The standard InChI is InChI=1S/C20H21N5O4S2/c1-2-29-18-10-22-9-17(24-18)16-6-3-12(19(21)26)7-13(16)8-14-11-30-20(23-14)25-31(27,28)15-4-5-15/h3,6-7,9-11,15H,2,4-5,8H2,1H3,(H2,21,26)(H,23,25).